The zero-order chi connectivity index (χ0) is 13.2. The first-order valence-electron chi connectivity index (χ1n) is 5.89. The van der Waals surface area contributed by atoms with E-state index in [2.05, 4.69) is 4.98 Å². The molecule has 100 valence electrons. The Bertz CT molecular complexity index is 409. The number of piperidine rings is 1. The highest BCUT2D eigenvalue weighted by Crippen LogP contribution is 2.30. The first-order valence-corrected chi connectivity index (χ1v) is 6.42. The molecule has 0 aromatic carbocycles. The van der Waals surface area contributed by atoms with Gasteiger partial charge in [-0.05, 0) is 31.4 Å². The van der Waals surface area contributed by atoms with Crippen molar-refractivity contribution in [3.8, 4) is 0 Å². The topological polar surface area (TPSA) is 16.1 Å². The summed E-state index contributed by atoms with van der Waals surface area (Å²) in [6, 6.07) is 4.07. The van der Waals surface area contributed by atoms with Gasteiger partial charge >= 0.3 is 6.18 Å². The van der Waals surface area contributed by atoms with Crippen LogP contribution in [-0.4, -0.2) is 23.5 Å². The van der Waals surface area contributed by atoms with E-state index in [4.69, 9.17) is 11.6 Å². The minimum absolute atomic E-state index is 0.0800. The molecule has 2 heterocycles. The smallest absolute Gasteiger partial charge is 0.352 e. The molecule has 6 heteroatoms. The highest BCUT2D eigenvalue weighted by Gasteiger charge is 2.33. The highest BCUT2D eigenvalue weighted by molar-refractivity contribution is 6.18. The molecule has 0 saturated carbocycles. The van der Waals surface area contributed by atoms with Crippen molar-refractivity contribution in [1.29, 1.82) is 0 Å². The number of alkyl halides is 4. The van der Waals surface area contributed by atoms with Gasteiger partial charge in [0.05, 0.1) is 0 Å². The molecule has 1 aliphatic rings. The average Bonchev–Trinajstić information content (AvgIpc) is 2.38. The van der Waals surface area contributed by atoms with Gasteiger partial charge in [-0.1, -0.05) is 6.07 Å². The molecule has 0 bridgehead atoms. The second-order valence-electron chi connectivity index (χ2n) is 4.38. The molecule has 1 atom stereocenters. The minimum Gasteiger partial charge on any atom is -0.352 e. The largest absolute Gasteiger partial charge is 0.433 e. The van der Waals surface area contributed by atoms with Gasteiger partial charge in [-0.25, -0.2) is 4.98 Å². The third-order valence-electron chi connectivity index (χ3n) is 3.12. The van der Waals surface area contributed by atoms with Crippen molar-refractivity contribution in [1.82, 2.24) is 4.98 Å². The van der Waals surface area contributed by atoms with Crippen molar-refractivity contribution in [2.45, 2.75) is 31.5 Å². The highest BCUT2D eigenvalue weighted by atomic mass is 35.5. The van der Waals surface area contributed by atoms with Crippen molar-refractivity contribution >= 4 is 17.4 Å². The molecule has 1 aromatic heterocycles. The Kier molecular flexibility index (Phi) is 4.00. The van der Waals surface area contributed by atoms with Gasteiger partial charge in [0, 0.05) is 18.5 Å². The van der Waals surface area contributed by atoms with Crippen LogP contribution >= 0.6 is 11.6 Å². The normalized spacial score (nSPS) is 21.1. The fourth-order valence-corrected chi connectivity index (χ4v) is 2.52. The SMILES string of the molecule is FC(F)(F)c1cccc(N2CCCCC2CCl)n1. The van der Waals surface area contributed by atoms with Crippen molar-refractivity contribution in [3.05, 3.63) is 23.9 Å². The Balaban J connectivity index is 2.27. The van der Waals surface area contributed by atoms with Crippen LogP contribution in [0.25, 0.3) is 0 Å². The summed E-state index contributed by atoms with van der Waals surface area (Å²) in [5.74, 6) is 0.785. The molecule has 1 aliphatic heterocycles. The van der Waals surface area contributed by atoms with Gasteiger partial charge in [0.1, 0.15) is 11.5 Å². The maximum Gasteiger partial charge on any atom is 0.433 e. The third-order valence-corrected chi connectivity index (χ3v) is 3.48. The lowest BCUT2D eigenvalue weighted by molar-refractivity contribution is -0.141. The first-order chi connectivity index (χ1) is 8.52. The van der Waals surface area contributed by atoms with Gasteiger partial charge in [-0.15, -0.1) is 11.6 Å². The zero-order valence-corrected chi connectivity index (χ0v) is 10.5. The summed E-state index contributed by atoms with van der Waals surface area (Å²) in [6.07, 6.45) is -1.47. The summed E-state index contributed by atoms with van der Waals surface area (Å²) in [5, 5.41) is 0. The molecule has 1 unspecified atom stereocenters. The molecule has 0 radical (unpaired) electrons. The maximum atomic E-state index is 12.6. The number of anilines is 1. The molecule has 2 nitrogen and oxygen atoms in total. The molecule has 0 spiro atoms. The second-order valence-corrected chi connectivity index (χ2v) is 4.68. The Labute approximate surface area is 109 Å². The van der Waals surface area contributed by atoms with Crippen LogP contribution in [0.1, 0.15) is 25.0 Å². The van der Waals surface area contributed by atoms with Crippen LogP contribution in [0.5, 0.6) is 0 Å². The van der Waals surface area contributed by atoms with E-state index < -0.39 is 11.9 Å². The fourth-order valence-electron chi connectivity index (χ4n) is 2.20. The van der Waals surface area contributed by atoms with E-state index in [0.717, 1.165) is 25.3 Å². The average molecular weight is 279 g/mol. The lowest BCUT2D eigenvalue weighted by Crippen LogP contribution is -2.41. The summed E-state index contributed by atoms with van der Waals surface area (Å²) < 4.78 is 37.8. The molecule has 1 aromatic rings. The summed E-state index contributed by atoms with van der Waals surface area (Å²) in [7, 11) is 0. The van der Waals surface area contributed by atoms with E-state index >= 15 is 0 Å². The van der Waals surface area contributed by atoms with Gasteiger partial charge in [0.25, 0.3) is 0 Å². The molecular formula is C12H14ClF3N2. The van der Waals surface area contributed by atoms with E-state index in [1.807, 2.05) is 4.90 Å². The van der Waals surface area contributed by atoms with Crippen LogP contribution in [0.2, 0.25) is 0 Å². The molecule has 2 rings (SSSR count). The van der Waals surface area contributed by atoms with Gasteiger partial charge in [0.2, 0.25) is 0 Å². The monoisotopic (exact) mass is 278 g/mol. The van der Waals surface area contributed by atoms with Crippen molar-refractivity contribution in [2.24, 2.45) is 0 Å². The lowest BCUT2D eigenvalue weighted by atomic mass is 10.0. The van der Waals surface area contributed by atoms with E-state index in [-0.39, 0.29) is 6.04 Å². The summed E-state index contributed by atoms with van der Waals surface area (Å²) >= 11 is 5.86. The van der Waals surface area contributed by atoms with Gasteiger partial charge in [0.15, 0.2) is 0 Å². The Morgan fingerprint density at radius 3 is 2.78 bits per heavy atom. The molecule has 0 aliphatic carbocycles. The van der Waals surface area contributed by atoms with Gasteiger partial charge in [-0.2, -0.15) is 13.2 Å². The van der Waals surface area contributed by atoms with Crippen LogP contribution in [0, 0.1) is 0 Å². The number of hydrogen-bond donors (Lipinski definition) is 0. The van der Waals surface area contributed by atoms with Crippen molar-refractivity contribution < 1.29 is 13.2 Å². The lowest BCUT2D eigenvalue weighted by Gasteiger charge is -2.35. The third kappa shape index (κ3) is 2.88. The molecule has 1 fully saturated rings. The predicted octanol–water partition coefficient (Wildman–Crippen LogP) is 3.70. The number of pyridine rings is 1. The van der Waals surface area contributed by atoms with Crippen LogP contribution in [0.15, 0.2) is 18.2 Å². The van der Waals surface area contributed by atoms with E-state index in [1.165, 1.54) is 6.07 Å². The van der Waals surface area contributed by atoms with Crippen LogP contribution in [0.4, 0.5) is 19.0 Å². The quantitative estimate of drug-likeness (QED) is 0.767. The van der Waals surface area contributed by atoms with E-state index in [1.54, 1.807) is 6.07 Å². The van der Waals surface area contributed by atoms with E-state index in [9.17, 15) is 13.2 Å². The molecule has 18 heavy (non-hydrogen) atoms. The number of rotatable bonds is 2. The number of aromatic nitrogens is 1. The number of halogens is 4. The molecular weight excluding hydrogens is 265 g/mol. The number of hydrogen-bond acceptors (Lipinski definition) is 2. The molecule has 1 saturated heterocycles. The zero-order valence-electron chi connectivity index (χ0n) is 9.75. The van der Waals surface area contributed by atoms with Crippen molar-refractivity contribution in [3.63, 3.8) is 0 Å². The fraction of sp³-hybridized carbons (Fsp3) is 0.583. The van der Waals surface area contributed by atoms with Gasteiger partial charge in [-0.3, -0.25) is 0 Å². The van der Waals surface area contributed by atoms with Crippen LogP contribution in [-0.2, 0) is 6.18 Å². The maximum absolute atomic E-state index is 12.6. The predicted molar refractivity (Wildman–Crippen MR) is 64.9 cm³/mol. The van der Waals surface area contributed by atoms with Crippen LogP contribution in [0.3, 0.4) is 0 Å². The van der Waals surface area contributed by atoms with Crippen LogP contribution < -0.4 is 4.90 Å². The standard InChI is InChI=1S/C12H14ClF3N2/c13-8-9-4-1-2-7-18(9)11-6-3-5-10(17-11)12(14,15)16/h3,5-6,9H,1-2,4,7-8H2. The Morgan fingerprint density at radius 2 is 2.11 bits per heavy atom. The Hall–Kier alpha value is -0.970. The summed E-state index contributed by atoms with van der Waals surface area (Å²) in [5.41, 5.74) is -0.848. The van der Waals surface area contributed by atoms with Crippen molar-refractivity contribution in [2.75, 3.05) is 17.3 Å². The molecule has 0 amide bonds. The minimum atomic E-state index is -4.40. The number of nitrogens with zero attached hydrogens (tertiary/aromatic N) is 2. The first kappa shape index (κ1) is 13.5. The Morgan fingerprint density at radius 1 is 1.33 bits per heavy atom. The second kappa shape index (κ2) is 5.34. The summed E-state index contributed by atoms with van der Waals surface area (Å²) in [6.45, 7) is 0.714. The van der Waals surface area contributed by atoms with Gasteiger partial charge < -0.3 is 4.90 Å². The molecule has 0 N–H and O–H groups in total. The summed E-state index contributed by atoms with van der Waals surface area (Å²) in [4.78, 5) is 5.59. The van der Waals surface area contributed by atoms with E-state index in [0.29, 0.717) is 18.2 Å².